The predicted octanol–water partition coefficient (Wildman–Crippen LogP) is 7.54. The number of carbonyl (C=O) groups is 2. The zero-order chi connectivity index (χ0) is 35.5. The summed E-state index contributed by atoms with van der Waals surface area (Å²) in [6.45, 7) is 12.7. The third kappa shape index (κ3) is 10.4. The van der Waals surface area contributed by atoms with Crippen LogP contribution < -0.4 is 24.8 Å². The second kappa shape index (κ2) is 17.7. The quantitative estimate of drug-likeness (QED) is 0.112. The van der Waals surface area contributed by atoms with E-state index in [4.69, 9.17) is 37.4 Å². The third-order valence-corrected chi connectivity index (χ3v) is 9.17. The number of nitrogens with zero attached hydrogens (tertiary/aromatic N) is 1. The van der Waals surface area contributed by atoms with E-state index in [0.29, 0.717) is 40.9 Å². The number of alkyl halides is 1. The molecule has 8 nitrogen and oxygen atoms in total. The van der Waals surface area contributed by atoms with Gasteiger partial charge in [0, 0.05) is 30.2 Å². The van der Waals surface area contributed by atoms with E-state index in [2.05, 4.69) is 23.8 Å². The van der Waals surface area contributed by atoms with Gasteiger partial charge in [0.15, 0.2) is 11.5 Å². The molecule has 0 saturated carbocycles. The van der Waals surface area contributed by atoms with Crippen molar-refractivity contribution in [3.8, 4) is 23.0 Å². The first-order valence-corrected chi connectivity index (χ1v) is 16.7. The Morgan fingerprint density at radius 2 is 1.82 bits per heavy atom. The van der Waals surface area contributed by atoms with Gasteiger partial charge >= 0.3 is 0 Å². The molecule has 4 rings (SSSR count). The molecule has 258 valence electrons. The smallest absolute Gasteiger partial charge is 0.243 e. The van der Waals surface area contributed by atoms with E-state index in [1.807, 2.05) is 74.5 Å². The standard InChI is InChI=1S/C39H43Cl2N3O5/c1-7-28-12-11-25(2)36(19-28)49-32-10-8-9-29(16-32)18-34(39(46)42-21-30-13-14-35(47-5)37(20-30)48-6)43-27(4)22-44(24-45)23-31-15-26(3)38(41)33(40)17-31/h7-17,19-20,24,26,34,38,43H,1,4,18,21-23H2,2-3,5-6H3,(H,42,46). The summed E-state index contributed by atoms with van der Waals surface area (Å²) >= 11 is 12.7. The molecule has 3 aromatic carbocycles. The number of benzene rings is 3. The van der Waals surface area contributed by atoms with E-state index in [1.54, 1.807) is 37.3 Å². The van der Waals surface area contributed by atoms with E-state index in [-0.39, 0.29) is 30.3 Å². The number of ether oxygens (including phenoxy) is 3. The van der Waals surface area contributed by atoms with E-state index in [1.165, 1.54) is 0 Å². The van der Waals surface area contributed by atoms with Crippen molar-refractivity contribution in [1.82, 2.24) is 15.5 Å². The van der Waals surface area contributed by atoms with Gasteiger partial charge in [-0.25, -0.2) is 0 Å². The highest BCUT2D eigenvalue weighted by Crippen LogP contribution is 2.31. The minimum atomic E-state index is -0.720. The average Bonchev–Trinajstić information content (AvgIpc) is 3.09. The predicted molar refractivity (Wildman–Crippen MR) is 197 cm³/mol. The summed E-state index contributed by atoms with van der Waals surface area (Å²) in [6.07, 6.45) is 6.64. The van der Waals surface area contributed by atoms with E-state index >= 15 is 0 Å². The lowest BCUT2D eigenvalue weighted by atomic mass is 9.97. The Labute approximate surface area is 299 Å². The molecule has 10 heteroatoms. The number of amides is 2. The molecule has 2 amide bonds. The number of methoxy groups -OCH3 is 2. The zero-order valence-corrected chi connectivity index (χ0v) is 29.8. The molecule has 0 bridgehead atoms. The maximum atomic E-state index is 13.8. The van der Waals surface area contributed by atoms with Crippen molar-refractivity contribution >= 4 is 41.6 Å². The van der Waals surface area contributed by atoms with Crippen LogP contribution in [-0.2, 0) is 22.6 Å². The second-order valence-electron chi connectivity index (χ2n) is 11.9. The molecule has 0 spiro atoms. The summed E-state index contributed by atoms with van der Waals surface area (Å²) in [4.78, 5) is 27.4. The molecule has 49 heavy (non-hydrogen) atoms. The first-order valence-electron chi connectivity index (χ1n) is 15.9. The maximum Gasteiger partial charge on any atom is 0.243 e. The number of allylic oxidation sites excluding steroid dienone is 2. The van der Waals surface area contributed by atoms with Gasteiger partial charge in [-0.05, 0) is 77.1 Å². The molecule has 0 heterocycles. The number of hydrogen-bond acceptors (Lipinski definition) is 6. The molecule has 1 aliphatic rings. The van der Waals surface area contributed by atoms with Crippen LogP contribution in [0.25, 0.3) is 6.08 Å². The molecule has 2 N–H and O–H groups in total. The van der Waals surface area contributed by atoms with Crippen molar-refractivity contribution in [3.63, 3.8) is 0 Å². The van der Waals surface area contributed by atoms with Gasteiger partial charge in [0.25, 0.3) is 0 Å². The highest BCUT2D eigenvalue weighted by Gasteiger charge is 2.23. The number of halogens is 2. The van der Waals surface area contributed by atoms with E-state index in [9.17, 15) is 9.59 Å². The lowest BCUT2D eigenvalue weighted by Crippen LogP contribution is -2.46. The van der Waals surface area contributed by atoms with E-state index < -0.39 is 6.04 Å². The van der Waals surface area contributed by atoms with Gasteiger partial charge in [0.1, 0.15) is 17.5 Å². The number of carbonyl (C=O) groups excluding carboxylic acids is 2. The summed E-state index contributed by atoms with van der Waals surface area (Å²) in [6, 6.07) is 18.3. The molecule has 0 saturated heterocycles. The van der Waals surface area contributed by atoms with Crippen LogP contribution in [0.1, 0.15) is 29.2 Å². The maximum absolute atomic E-state index is 13.8. The Kier molecular flexibility index (Phi) is 13.4. The van der Waals surface area contributed by atoms with Crippen LogP contribution in [0.15, 0.2) is 102 Å². The molecule has 3 aromatic rings. The Hall–Kier alpha value is -4.66. The van der Waals surface area contributed by atoms with Crippen molar-refractivity contribution in [2.24, 2.45) is 5.92 Å². The van der Waals surface area contributed by atoms with Crippen LogP contribution in [0.5, 0.6) is 23.0 Å². The van der Waals surface area contributed by atoms with Gasteiger partial charge in [0.05, 0.1) is 26.1 Å². The monoisotopic (exact) mass is 703 g/mol. The SMILES string of the molecule is C=Cc1ccc(C)c(Oc2cccc(CC(NC(=C)CN(C=O)CC3=CC(C)C(Cl)C(Cl)=C3)C(=O)NCc3ccc(OC)c(OC)c3)c2)c1. The van der Waals surface area contributed by atoms with Crippen molar-refractivity contribution < 1.29 is 23.8 Å². The minimum Gasteiger partial charge on any atom is -0.493 e. The van der Waals surface area contributed by atoms with Gasteiger partial charge in [-0.3, -0.25) is 9.59 Å². The van der Waals surface area contributed by atoms with Crippen molar-refractivity contribution in [3.05, 3.63) is 125 Å². The normalized spacial score (nSPS) is 16.0. The van der Waals surface area contributed by atoms with Crippen molar-refractivity contribution in [2.75, 3.05) is 27.3 Å². The zero-order valence-electron chi connectivity index (χ0n) is 28.3. The summed E-state index contributed by atoms with van der Waals surface area (Å²) in [5.41, 5.74) is 5.02. The van der Waals surface area contributed by atoms with Gasteiger partial charge in [-0.1, -0.05) is 74.2 Å². The van der Waals surface area contributed by atoms with Crippen molar-refractivity contribution in [2.45, 2.75) is 38.2 Å². The van der Waals surface area contributed by atoms with Crippen LogP contribution in [0.4, 0.5) is 0 Å². The Morgan fingerprint density at radius 3 is 2.51 bits per heavy atom. The summed E-state index contributed by atoms with van der Waals surface area (Å²) in [5.74, 6) is 2.30. The summed E-state index contributed by atoms with van der Waals surface area (Å²) < 4.78 is 17.0. The average molecular weight is 705 g/mol. The fraction of sp³-hybridized carbons (Fsp3) is 0.282. The van der Waals surface area contributed by atoms with E-state index in [0.717, 1.165) is 40.0 Å². The molecule has 1 aliphatic carbocycles. The summed E-state index contributed by atoms with van der Waals surface area (Å²) in [7, 11) is 3.13. The lowest BCUT2D eigenvalue weighted by molar-refractivity contribution is -0.123. The molecule has 0 aliphatic heterocycles. The molecule has 0 fully saturated rings. The van der Waals surface area contributed by atoms with Crippen LogP contribution in [0, 0.1) is 12.8 Å². The topological polar surface area (TPSA) is 89.1 Å². The minimum absolute atomic E-state index is 0.0253. The molecular weight excluding hydrogens is 661 g/mol. The van der Waals surface area contributed by atoms with Crippen LogP contribution in [0.2, 0.25) is 0 Å². The Balaban J connectivity index is 1.51. The number of hydrogen-bond donors (Lipinski definition) is 2. The van der Waals surface area contributed by atoms with Gasteiger partial charge in [-0.2, -0.15) is 0 Å². The molecule has 0 radical (unpaired) electrons. The third-order valence-electron chi connectivity index (χ3n) is 8.08. The number of rotatable bonds is 17. The molecule has 3 unspecified atom stereocenters. The first kappa shape index (κ1) is 37.2. The van der Waals surface area contributed by atoms with Gasteiger partial charge in [-0.15, -0.1) is 11.6 Å². The van der Waals surface area contributed by atoms with Crippen molar-refractivity contribution in [1.29, 1.82) is 0 Å². The largest absolute Gasteiger partial charge is 0.493 e. The fourth-order valence-electron chi connectivity index (χ4n) is 5.44. The lowest BCUT2D eigenvalue weighted by Gasteiger charge is -2.26. The van der Waals surface area contributed by atoms with Crippen LogP contribution in [0.3, 0.4) is 0 Å². The highest BCUT2D eigenvalue weighted by molar-refractivity contribution is 6.37. The number of aryl methyl sites for hydroxylation is 1. The van der Waals surface area contributed by atoms with Gasteiger partial charge < -0.3 is 29.7 Å². The second-order valence-corrected chi connectivity index (χ2v) is 12.8. The van der Waals surface area contributed by atoms with Crippen LogP contribution in [-0.4, -0.2) is 55.9 Å². The first-order chi connectivity index (χ1) is 23.5. The Bertz CT molecular complexity index is 1740. The highest BCUT2D eigenvalue weighted by atomic mass is 35.5. The van der Waals surface area contributed by atoms with Gasteiger partial charge in [0.2, 0.25) is 12.3 Å². The fourth-order valence-corrected chi connectivity index (χ4v) is 5.92. The molecule has 3 atom stereocenters. The van der Waals surface area contributed by atoms with Crippen LogP contribution >= 0.6 is 23.2 Å². The Morgan fingerprint density at radius 1 is 1.04 bits per heavy atom. The summed E-state index contributed by atoms with van der Waals surface area (Å²) in [5, 5.41) is 6.55. The molecule has 0 aromatic heterocycles. The number of nitrogens with one attached hydrogen (secondary N) is 2. The molecular formula is C39H43Cl2N3O5.